The molecule has 0 aliphatic rings. The van der Waals surface area contributed by atoms with Gasteiger partial charge in [0.05, 0.1) is 21.7 Å². The van der Waals surface area contributed by atoms with Crippen molar-refractivity contribution in [3.63, 3.8) is 0 Å². The molecule has 0 saturated heterocycles. The highest BCUT2D eigenvalue weighted by Crippen LogP contribution is 2.39. The molecule has 0 fully saturated rings. The van der Waals surface area contributed by atoms with Crippen LogP contribution in [0.5, 0.6) is 0 Å². The third kappa shape index (κ3) is 2.33. The highest BCUT2D eigenvalue weighted by molar-refractivity contribution is 7.15. The van der Waals surface area contributed by atoms with Crippen LogP contribution in [0.15, 0.2) is 30.3 Å². The molecule has 1 aromatic carbocycles. The zero-order chi connectivity index (χ0) is 15.9. The Morgan fingerprint density at radius 2 is 2.00 bits per heavy atom. The molecule has 2 aromatic heterocycles. The van der Waals surface area contributed by atoms with E-state index < -0.39 is 11.7 Å². The van der Waals surface area contributed by atoms with Gasteiger partial charge >= 0.3 is 6.18 Å². The summed E-state index contributed by atoms with van der Waals surface area (Å²) in [5.74, 6) is 0. The summed E-state index contributed by atoms with van der Waals surface area (Å²) in [6.45, 7) is 2.00. The maximum Gasteiger partial charge on any atom is 0.418 e. The second-order valence-electron chi connectivity index (χ2n) is 4.88. The second-order valence-corrected chi connectivity index (χ2v) is 6.05. The molecule has 6 heteroatoms. The average Bonchev–Trinajstić information content (AvgIpc) is 3.09. The SMILES string of the molecule is CCc1ccc(-c2[nH]c3c(C(F)(F)F)cccc3c2C=O)s1. The van der Waals surface area contributed by atoms with Gasteiger partial charge in [-0.2, -0.15) is 13.2 Å². The third-order valence-corrected chi connectivity index (χ3v) is 4.80. The summed E-state index contributed by atoms with van der Waals surface area (Å²) < 4.78 is 39.4. The van der Waals surface area contributed by atoms with Crippen molar-refractivity contribution in [2.24, 2.45) is 0 Å². The smallest absolute Gasteiger partial charge is 0.353 e. The van der Waals surface area contributed by atoms with E-state index >= 15 is 0 Å². The quantitative estimate of drug-likeness (QED) is 0.653. The number of aromatic amines is 1. The maximum atomic E-state index is 13.1. The number of aldehydes is 1. The van der Waals surface area contributed by atoms with Gasteiger partial charge in [-0.15, -0.1) is 11.3 Å². The molecule has 0 spiro atoms. The molecule has 0 aliphatic heterocycles. The van der Waals surface area contributed by atoms with Gasteiger partial charge in [-0.25, -0.2) is 0 Å². The standard InChI is InChI=1S/C16H12F3NOS/c1-2-9-6-7-13(22-9)15-11(8-21)10-4-3-5-12(14(10)20-15)16(17,18)19/h3-8,20H,2H2,1H3. The number of hydrogen-bond donors (Lipinski definition) is 1. The minimum absolute atomic E-state index is 0.0430. The Kier molecular flexibility index (Phi) is 3.56. The fourth-order valence-electron chi connectivity index (χ4n) is 2.49. The number of carbonyl (C=O) groups excluding carboxylic acids is 1. The molecule has 3 rings (SSSR count). The van der Waals surface area contributed by atoms with E-state index in [1.165, 1.54) is 23.5 Å². The number of halogens is 3. The number of thiophene rings is 1. The first kappa shape index (κ1) is 14.8. The van der Waals surface area contributed by atoms with Gasteiger partial charge < -0.3 is 4.98 Å². The average molecular weight is 323 g/mol. The Morgan fingerprint density at radius 1 is 1.23 bits per heavy atom. The number of fused-ring (bicyclic) bond motifs is 1. The third-order valence-electron chi connectivity index (χ3n) is 3.55. The Morgan fingerprint density at radius 3 is 2.59 bits per heavy atom. The predicted molar refractivity (Wildman–Crippen MR) is 81.4 cm³/mol. The first-order chi connectivity index (χ1) is 10.5. The first-order valence-electron chi connectivity index (χ1n) is 6.71. The molecule has 0 saturated carbocycles. The van der Waals surface area contributed by atoms with Crippen LogP contribution in [0, 0.1) is 0 Å². The molecule has 0 radical (unpaired) electrons. The summed E-state index contributed by atoms with van der Waals surface area (Å²) in [5, 5.41) is 0.297. The van der Waals surface area contributed by atoms with Crippen LogP contribution in [-0.4, -0.2) is 11.3 Å². The lowest BCUT2D eigenvalue weighted by atomic mass is 10.1. The molecule has 2 nitrogen and oxygen atoms in total. The van der Waals surface area contributed by atoms with E-state index in [0.717, 1.165) is 22.2 Å². The van der Waals surface area contributed by atoms with Gasteiger partial charge in [-0.3, -0.25) is 4.79 Å². The Hall–Kier alpha value is -2.08. The molecule has 22 heavy (non-hydrogen) atoms. The molecule has 0 bridgehead atoms. The highest BCUT2D eigenvalue weighted by atomic mass is 32.1. The fourth-order valence-corrected chi connectivity index (χ4v) is 3.46. The number of rotatable bonds is 3. The van der Waals surface area contributed by atoms with Crippen LogP contribution in [0.1, 0.15) is 27.7 Å². The number of benzene rings is 1. The molecule has 0 aliphatic carbocycles. The lowest BCUT2D eigenvalue weighted by Crippen LogP contribution is -2.05. The second kappa shape index (κ2) is 5.28. The molecule has 1 N–H and O–H groups in total. The summed E-state index contributed by atoms with van der Waals surface area (Å²) >= 11 is 1.47. The summed E-state index contributed by atoms with van der Waals surface area (Å²) in [6, 6.07) is 7.62. The molecule has 3 aromatic rings. The van der Waals surface area contributed by atoms with Crippen molar-refractivity contribution in [2.45, 2.75) is 19.5 Å². The van der Waals surface area contributed by atoms with Crippen molar-refractivity contribution in [3.05, 3.63) is 46.3 Å². The van der Waals surface area contributed by atoms with Gasteiger partial charge in [0.25, 0.3) is 0 Å². The molecule has 0 unspecified atom stereocenters. The molecule has 2 heterocycles. The number of carbonyl (C=O) groups is 1. The Balaban J connectivity index is 2.30. The van der Waals surface area contributed by atoms with E-state index in [4.69, 9.17) is 0 Å². The number of aromatic nitrogens is 1. The van der Waals surface area contributed by atoms with Crippen LogP contribution >= 0.6 is 11.3 Å². The van der Waals surface area contributed by atoms with Gasteiger partial charge in [0.2, 0.25) is 0 Å². The Bertz CT molecular complexity index is 845. The van der Waals surface area contributed by atoms with Gasteiger partial charge in [-0.05, 0) is 24.6 Å². The topological polar surface area (TPSA) is 32.9 Å². The monoisotopic (exact) mass is 323 g/mol. The van der Waals surface area contributed by atoms with Crippen molar-refractivity contribution in [2.75, 3.05) is 0 Å². The molecular formula is C16H12F3NOS. The zero-order valence-corrected chi connectivity index (χ0v) is 12.4. The van der Waals surface area contributed by atoms with Crippen LogP contribution in [0.4, 0.5) is 13.2 Å². The van der Waals surface area contributed by atoms with Crippen molar-refractivity contribution in [1.82, 2.24) is 4.98 Å². The molecule has 0 amide bonds. The molecule has 114 valence electrons. The zero-order valence-electron chi connectivity index (χ0n) is 11.6. The van der Waals surface area contributed by atoms with E-state index in [0.29, 0.717) is 17.4 Å². The molecular weight excluding hydrogens is 311 g/mol. The van der Waals surface area contributed by atoms with Gasteiger partial charge in [0.1, 0.15) is 0 Å². The van der Waals surface area contributed by atoms with Gasteiger partial charge in [0.15, 0.2) is 6.29 Å². The van der Waals surface area contributed by atoms with Crippen LogP contribution in [0.25, 0.3) is 21.5 Å². The fraction of sp³-hybridized carbons (Fsp3) is 0.188. The normalized spacial score (nSPS) is 12.0. The number of nitrogens with one attached hydrogen (secondary N) is 1. The van der Waals surface area contributed by atoms with Crippen molar-refractivity contribution >= 4 is 28.5 Å². The first-order valence-corrected chi connectivity index (χ1v) is 7.53. The highest BCUT2D eigenvalue weighted by Gasteiger charge is 2.34. The lowest BCUT2D eigenvalue weighted by Gasteiger charge is -2.07. The summed E-state index contributed by atoms with van der Waals surface area (Å²) in [6.07, 6.45) is -3.01. The minimum atomic E-state index is -4.47. The van der Waals surface area contributed by atoms with Crippen LogP contribution < -0.4 is 0 Å². The van der Waals surface area contributed by atoms with Crippen LogP contribution in [-0.2, 0) is 12.6 Å². The number of hydrogen-bond acceptors (Lipinski definition) is 2. The van der Waals surface area contributed by atoms with Crippen molar-refractivity contribution in [1.29, 1.82) is 0 Å². The summed E-state index contributed by atoms with van der Waals surface area (Å²) in [7, 11) is 0. The summed E-state index contributed by atoms with van der Waals surface area (Å²) in [5.41, 5.74) is -0.0813. The Labute approximate surface area is 128 Å². The van der Waals surface area contributed by atoms with E-state index in [-0.39, 0.29) is 11.1 Å². The van der Waals surface area contributed by atoms with Crippen LogP contribution in [0.2, 0.25) is 0 Å². The molecule has 0 atom stereocenters. The van der Waals surface area contributed by atoms with E-state index in [9.17, 15) is 18.0 Å². The predicted octanol–water partition coefficient (Wildman–Crippen LogP) is 5.29. The van der Waals surface area contributed by atoms with E-state index in [2.05, 4.69) is 4.98 Å². The lowest BCUT2D eigenvalue weighted by molar-refractivity contribution is -0.136. The van der Waals surface area contributed by atoms with Gasteiger partial charge in [0, 0.05) is 15.8 Å². The van der Waals surface area contributed by atoms with Gasteiger partial charge in [-0.1, -0.05) is 19.1 Å². The summed E-state index contributed by atoms with van der Waals surface area (Å²) in [4.78, 5) is 16.1. The number of para-hydroxylation sites is 1. The minimum Gasteiger partial charge on any atom is -0.353 e. The maximum absolute atomic E-state index is 13.1. The number of aryl methyl sites for hydroxylation is 1. The van der Waals surface area contributed by atoms with E-state index in [1.54, 1.807) is 0 Å². The largest absolute Gasteiger partial charge is 0.418 e. The van der Waals surface area contributed by atoms with Crippen molar-refractivity contribution < 1.29 is 18.0 Å². The van der Waals surface area contributed by atoms with E-state index in [1.807, 2.05) is 19.1 Å². The number of alkyl halides is 3. The number of H-pyrrole nitrogens is 1. The van der Waals surface area contributed by atoms with Crippen molar-refractivity contribution in [3.8, 4) is 10.6 Å². The van der Waals surface area contributed by atoms with Crippen LogP contribution in [0.3, 0.4) is 0 Å².